The van der Waals surface area contributed by atoms with Gasteiger partial charge in [-0.2, -0.15) is 0 Å². The van der Waals surface area contributed by atoms with Crippen LogP contribution in [-0.2, 0) is 23.1 Å². The zero-order valence-electron chi connectivity index (χ0n) is 11.0. The van der Waals surface area contributed by atoms with E-state index in [0.29, 0.717) is 10.6 Å². The topological polar surface area (TPSA) is 72.2 Å². The van der Waals surface area contributed by atoms with E-state index in [1.807, 2.05) is 0 Å². The van der Waals surface area contributed by atoms with Gasteiger partial charge in [0.15, 0.2) is 0 Å². The van der Waals surface area contributed by atoms with E-state index >= 15 is 0 Å². The van der Waals surface area contributed by atoms with Gasteiger partial charge in [0.25, 0.3) is 0 Å². The quantitative estimate of drug-likeness (QED) is 0.875. The molecule has 0 heterocycles. The van der Waals surface area contributed by atoms with E-state index in [9.17, 15) is 8.42 Å². The van der Waals surface area contributed by atoms with Crippen LogP contribution >= 0.6 is 23.2 Å². The normalized spacial score (nSPS) is 11.6. The van der Waals surface area contributed by atoms with Gasteiger partial charge in [0.1, 0.15) is 4.90 Å². The Morgan fingerprint density at radius 2 is 1.62 bits per heavy atom. The fourth-order valence-corrected chi connectivity index (χ4v) is 3.43. The van der Waals surface area contributed by atoms with Crippen molar-refractivity contribution in [2.45, 2.75) is 18.0 Å². The van der Waals surface area contributed by atoms with Crippen molar-refractivity contribution in [3.05, 3.63) is 63.6 Å². The second-order valence-corrected chi connectivity index (χ2v) is 7.00. The molecule has 0 unspecified atom stereocenters. The summed E-state index contributed by atoms with van der Waals surface area (Å²) in [7, 11) is -3.70. The summed E-state index contributed by atoms with van der Waals surface area (Å²) in [6, 6.07) is 11.6. The second kappa shape index (κ2) is 6.77. The highest BCUT2D eigenvalue weighted by Crippen LogP contribution is 2.22. The van der Waals surface area contributed by atoms with Crippen molar-refractivity contribution >= 4 is 33.2 Å². The molecule has 2 aromatic carbocycles. The Bertz CT molecular complexity index is 731. The van der Waals surface area contributed by atoms with Gasteiger partial charge in [-0.3, -0.25) is 0 Å². The zero-order chi connectivity index (χ0) is 15.5. The van der Waals surface area contributed by atoms with E-state index in [2.05, 4.69) is 4.72 Å². The van der Waals surface area contributed by atoms with Crippen LogP contribution in [0.2, 0.25) is 10.0 Å². The highest BCUT2D eigenvalue weighted by Gasteiger charge is 2.18. The zero-order valence-corrected chi connectivity index (χ0v) is 13.3. The van der Waals surface area contributed by atoms with Gasteiger partial charge in [-0.05, 0) is 35.4 Å². The van der Waals surface area contributed by atoms with Crippen molar-refractivity contribution in [1.82, 2.24) is 4.72 Å². The molecule has 7 heteroatoms. The van der Waals surface area contributed by atoms with E-state index in [-0.39, 0.29) is 23.0 Å². The average molecular weight is 345 g/mol. The summed E-state index contributed by atoms with van der Waals surface area (Å²) in [6.45, 7) is 0.402. The van der Waals surface area contributed by atoms with Crippen molar-refractivity contribution in [2.75, 3.05) is 0 Å². The molecule has 0 saturated heterocycles. The highest BCUT2D eigenvalue weighted by molar-refractivity contribution is 7.89. The van der Waals surface area contributed by atoms with Gasteiger partial charge >= 0.3 is 0 Å². The van der Waals surface area contributed by atoms with E-state index < -0.39 is 10.0 Å². The van der Waals surface area contributed by atoms with Gasteiger partial charge in [-0.25, -0.2) is 13.1 Å². The predicted octanol–water partition coefficient (Wildman–Crippen LogP) is 2.93. The lowest BCUT2D eigenvalue weighted by Crippen LogP contribution is -2.23. The molecule has 3 N–H and O–H groups in total. The first-order valence-corrected chi connectivity index (χ1v) is 8.39. The maximum absolute atomic E-state index is 12.3. The molecular formula is C14H14Cl2N2O2S. The molecule has 21 heavy (non-hydrogen) atoms. The summed E-state index contributed by atoms with van der Waals surface area (Å²) in [5.74, 6) is 0. The van der Waals surface area contributed by atoms with Gasteiger partial charge in [0, 0.05) is 18.1 Å². The van der Waals surface area contributed by atoms with Gasteiger partial charge in [-0.1, -0.05) is 41.4 Å². The molecule has 0 aliphatic rings. The summed E-state index contributed by atoms with van der Waals surface area (Å²) in [5.41, 5.74) is 7.02. The lowest BCUT2D eigenvalue weighted by Gasteiger charge is -2.10. The number of hydrogen-bond donors (Lipinski definition) is 2. The lowest BCUT2D eigenvalue weighted by molar-refractivity contribution is 0.581. The van der Waals surface area contributed by atoms with Crippen LogP contribution in [0.15, 0.2) is 47.4 Å². The number of sulfonamides is 1. The summed E-state index contributed by atoms with van der Waals surface area (Å²) in [5, 5.41) is 0.760. The first-order chi connectivity index (χ1) is 9.92. The molecule has 0 aliphatic carbocycles. The molecule has 0 saturated carbocycles. The van der Waals surface area contributed by atoms with Crippen LogP contribution in [0, 0.1) is 0 Å². The fraction of sp³-hybridized carbons (Fsp3) is 0.143. The predicted molar refractivity (Wildman–Crippen MR) is 84.8 cm³/mol. The van der Waals surface area contributed by atoms with E-state index in [0.717, 1.165) is 5.56 Å². The third-order valence-corrected chi connectivity index (χ3v) is 5.04. The summed E-state index contributed by atoms with van der Waals surface area (Å²) < 4.78 is 27.1. The van der Waals surface area contributed by atoms with Crippen molar-refractivity contribution in [1.29, 1.82) is 0 Å². The first kappa shape index (κ1) is 16.3. The molecule has 4 nitrogen and oxygen atoms in total. The Morgan fingerprint density at radius 3 is 2.24 bits per heavy atom. The van der Waals surface area contributed by atoms with Crippen LogP contribution in [0.4, 0.5) is 0 Å². The van der Waals surface area contributed by atoms with E-state index in [1.54, 1.807) is 30.3 Å². The summed E-state index contributed by atoms with van der Waals surface area (Å²) >= 11 is 11.7. The molecule has 112 valence electrons. The van der Waals surface area contributed by atoms with Gasteiger partial charge in [-0.15, -0.1) is 0 Å². The molecule has 0 spiro atoms. The maximum atomic E-state index is 12.3. The highest BCUT2D eigenvalue weighted by atomic mass is 35.5. The Kier molecular flexibility index (Phi) is 5.24. The number of benzene rings is 2. The van der Waals surface area contributed by atoms with Gasteiger partial charge < -0.3 is 5.73 Å². The van der Waals surface area contributed by atoms with Crippen LogP contribution in [0.1, 0.15) is 11.1 Å². The van der Waals surface area contributed by atoms with E-state index in [4.69, 9.17) is 28.9 Å². The number of halogens is 2. The molecule has 2 rings (SSSR count). The number of nitrogens with two attached hydrogens (primary N) is 1. The average Bonchev–Trinajstić information content (AvgIpc) is 2.47. The monoisotopic (exact) mass is 344 g/mol. The smallest absolute Gasteiger partial charge is 0.242 e. The van der Waals surface area contributed by atoms with Gasteiger partial charge in [0.05, 0.1) is 5.02 Å². The van der Waals surface area contributed by atoms with Crippen molar-refractivity contribution < 1.29 is 8.42 Å². The largest absolute Gasteiger partial charge is 0.326 e. The van der Waals surface area contributed by atoms with Crippen molar-refractivity contribution in [3.8, 4) is 0 Å². The van der Waals surface area contributed by atoms with Crippen LogP contribution in [-0.4, -0.2) is 8.42 Å². The Morgan fingerprint density at radius 1 is 1.00 bits per heavy atom. The minimum absolute atomic E-state index is 0.0288. The minimum atomic E-state index is -3.70. The minimum Gasteiger partial charge on any atom is -0.326 e. The number of rotatable bonds is 5. The number of hydrogen-bond acceptors (Lipinski definition) is 3. The molecule has 0 aromatic heterocycles. The molecule has 0 amide bonds. The van der Waals surface area contributed by atoms with Crippen LogP contribution < -0.4 is 10.5 Å². The molecular weight excluding hydrogens is 331 g/mol. The molecule has 0 aliphatic heterocycles. The number of nitrogens with one attached hydrogen (secondary N) is 1. The fourth-order valence-electron chi connectivity index (χ4n) is 1.74. The third kappa shape index (κ3) is 4.18. The Hall–Kier alpha value is -1.11. The maximum Gasteiger partial charge on any atom is 0.242 e. The van der Waals surface area contributed by atoms with Crippen molar-refractivity contribution in [2.24, 2.45) is 5.73 Å². The van der Waals surface area contributed by atoms with Crippen molar-refractivity contribution in [3.63, 3.8) is 0 Å². The Labute approximate surface area is 133 Å². The first-order valence-electron chi connectivity index (χ1n) is 6.15. The third-order valence-electron chi connectivity index (χ3n) is 2.90. The SMILES string of the molecule is NCc1ccc(Cl)c(S(=O)(=O)NCc2ccc(Cl)cc2)c1. The van der Waals surface area contributed by atoms with Crippen LogP contribution in [0.25, 0.3) is 0 Å². The Balaban J connectivity index is 2.20. The lowest BCUT2D eigenvalue weighted by atomic mass is 10.2. The molecule has 0 bridgehead atoms. The molecule has 2 aromatic rings. The second-order valence-electron chi connectivity index (χ2n) is 4.42. The summed E-state index contributed by atoms with van der Waals surface area (Å²) in [4.78, 5) is 0.0288. The molecule has 0 fully saturated rings. The van der Waals surface area contributed by atoms with Crippen LogP contribution in [0.5, 0.6) is 0 Å². The summed E-state index contributed by atoms with van der Waals surface area (Å²) in [6.07, 6.45) is 0. The van der Waals surface area contributed by atoms with Gasteiger partial charge in [0.2, 0.25) is 10.0 Å². The molecule has 0 atom stereocenters. The standard InChI is InChI=1S/C14H14Cl2N2O2S/c15-12-4-1-10(2-5-12)9-18-21(19,20)14-7-11(8-17)3-6-13(14)16/h1-7,18H,8-9,17H2. The van der Waals surface area contributed by atoms with E-state index in [1.165, 1.54) is 12.1 Å². The van der Waals surface area contributed by atoms with Crippen LogP contribution in [0.3, 0.4) is 0 Å². The molecule has 0 radical (unpaired) electrons.